The van der Waals surface area contributed by atoms with Crippen LogP contribution in [0.25, 0.3) is 6.08 Å². The molecular formula is C15H17ClN2O2. The summed E-state index contributed by atoms with van der Waals surface area (Å²) in [5.41, 5.74) is 0.728. The van der Waals surface area contributed by atoms with Gasteiger partial charge in [0.25, 0.3) is 0 Å². The molecule has 4 nitrogen and oxygen atoms in total. The molecule has 0 spiro atoms. The normalized spacial score (nSPS) is 11.2. The van der Waals surface area contributed by atoms with Crippen molar-refractivity contribution in [2.24, 2.45) is 0 Å². The molecule has 0 bridgehead atoms. The zero-order chi connectivity index (χ0) is 15.2. The molecule has 0 fully saturated rings. The molecule has 0 saturated heterocycles. The van der Waals surface area contributed by atoms with Crippen LogP contribution in [0.4, 0.5) is 4.79 Å². The molecular weight excluding hydrogens is 276 g/mol. The maximum Gasteiger partial charge on any atom is 0.407 e. The van der Waals surface area contributed by atoms with E-state index in [4.69, 9.17) is 21.6 Å². The molecule has 1 aromatic carbocycles. The first-order chi connectivity index (χ1) is 9.31. The predicted octanol–water partition coefficient (Wildman–Crippen LogP) is 3.75. The first-order valence-corrected chi connectivity index (χ1v) is 6.52. The minimum atomic E-state index is -0.516. The van der Waals surface area contributed by atoms with Crippen LogP contribution in [0.15, 0.2) is 24.3 Å². The maximum atomic E-state index is 11.4. The van der Waals surface area contributed by atoms with Crippen molar-refractivity contribution in [3.05, 3.63) is 40.4 Å². The fraction of sp³-hybridized carbons (Fsp3) is 0.333. The Morgan fingerprint density at radius 1 is 1.50 bits per heavy atom. The number of nitrogens with zero attached hydrogens (tertiary/aromatic N) is 1. The number of rotatable bonds is 3. The Morgan fingerprint density at radius 2 is 2.20 bits per heavy atom. The number of ether oxygens (including phenoxy) is 1. The molecule has 0 atom stereocenters. The van der Waals surface area contributed by atoms with Crippen LogP contribution in [-0.2, 0) is 4.74 Å². The molecule has 0 radical (unpaired) electrons. The molecule has 0 heterocycles. The lowest BCUT2D eigenvalue weighted by Crippen LogP contribution is -2.32. The number of nitriles is 1. The van der Waals surface area contributed by atoms with Crippen LogP contribution < -0.4 is 5.32 Å². The molecule has 0 aromatic heterocycles. The van der Waals surface area contributed by atoms with Gasteiger partial charge >= 0.3 is 6.09 Å². The number of benzene rings is 1. The van der Waals surface area contributed by atoms with Crippen molar-refractivity contribution in [2.75, 3.05) is 6.54 Å². The third-order valence-electron chi connectivity index (χ3n) is 2.20. The summed E-state index contributed by atoms with van der Waals surface area (Å²) in [7, 11) is 0. The van der Waals surface area contributed by atoms with E-state index in [1.165, 1.54) is 0 Å². The van der Waals surface area contributed by atoms with Crippen LogP contribution in [0.2, 0.25) is 5.02 Å². The second-order valence-corrected chi connectivity index (χ2v) is 5.56. The van der Waals surface area contributed by atoms with Crippen molar-refractivity contribution in [3.8, 4) is 6.07 Å². The van der Waals surface area contributed by atoms with E-state index in [0.717, 1.165) is 5.56 Å². The van der Waals surface area contributed by atoms with Crippen molar-refractivity contribution in [2.45, 2.75) is 26.4 Å². The van der Waals surface area contributed by atoms with Crippen LogP contribution in [0.3, 0.4) is 0 Å². The monoisotopic (exact) mass is 292 g/mol. The van der Waals surface area contributed by atoms with E-state index in [-0.39, 0.29) is 0 Å². The van der Waals surface area contributed by atoms with Crippen LogP contribution in [-0.4, -0.2) is 18.2 Å². The number of carbonyl (C=O) groups excluding carboxylic acids is 1. The SMILES string of the molecule is CC(C)(C)OC(=O)NCC=Cc1ccc(Cl)cc1C#N. The second kappa shape index (κ2) is 6.97. The van der Waals surface area contributed by atoms with Gasteiger partial charge in [-0.05, 0) is 38.5 Å². The van der Waals surface area contributed by atoms with Crippen LogP contribution in [0.5, 0.6) is 0 Å². The van der Waals surface area contributed by atoms with Gasteiger partial charge in [0.05, 0.1) is 11.6 Å². The summed E-state index contributed by atoms with van der Waals surface area (Å²) in [5, 5.41) is 12.1. The Kier molecular flexibility index (Phi) is 5.60. The molecule has 20 heavy (non-hydrogen) atoms. The molecule has 5 heteroatoms. The van der Waals surface area contributed by atoms with E-state index in [9.17, 15) is 4.79 Å². The minimum Gasteiger partial charge on any atom is -0.444 e. The first-order valence-electron chi connectivity index (χ1n) is 6.15. The quantitative estimate of drug-likeness (QED) is 0.923. The standard InChI is InChI=1S/C15H17ClN2O2/c1-15(2,3)20-14(19)18-8-4-5-11-6-7-13(16)9-12(11)10-17/h4-7,9H,8H2,1-3H3,(H,18,19). The second-order valence-electron chi connectivity index (χ2n) is 5.13. The van der Waals surface area contributed by atoms with Crippen LogP contribution in [0, 0.1) is 11.3 Å². The Labute approximate surface area is 124 Å². The van der Waals surface area contributed by atoms with Gasteiger partial charge in [-0.15, -0.1) is 0 Å². The fourth-order valence-corrected chi connectivity index (χ4v) is 1.59. The molecule has 1 aromatic rings. The van der Waals surface area contributed by atoms with Crippen molar-refractivity contribution in [1.82, 2.24) is 5.32 Å². The lowest BCUT2D eigenvalue weighted by atomic mass is 10.1. The molecule has 1 rings (SSSR count). The van der Waals surface area contributed by atoms with E-state index in [2.05, 4.69) is 11.4 Å². The fourth-order valence-electron chi connectivity index (χ4n) is 1.41. The summed E-state index contributed by atoms with van der Waals surface area (Å²) < 4.78 is 5.10. The average Bonchev–Trinajstić information content (AvgIpc) is 2.33. The Morgan fingerprint density at radius 3 is 2.80 bits per heavy atom. The summed E-state index contributed by atoms with van der Waals surface area (Å²) in [4.78, 5) is 11.4. The molecule has 1 N–H and O–H groups in total. The van der Waals surface area contributed by atoms with E-state index in [1.807, 2.05) is 0 Å². The highest BCUT2D eigenvalue weighted by molar-refractivity contribution is 6.30. The zero-order valence-corrected chi connectivity index (χ0v) is 12.5. The predicted molar refractivity (Wildman–Crippen MR) is 79.4 cm³/mol. The van der Waals surface area contributed by atoms with Gasteiger partial charge in [0.2, 0.25) is 0 Å². The smallest absolute Gasteiger partial charge is 0.407 e. The largest absolute Gasteiger partial charge is 0.444 e. The molecule has 0 saturated carbocycles. The Hall–Kier alpha value is -1.99. The molecule has 1 amide bonds. The Bertz CT molecular complexity index is 554. The number of carbonyl (C=O) groups is 1. The highest BCUT2D eigenvalue weighted by Crippen LogP contribution is 2.16. The highest BCUT2D eigenvalue weighted by Gasteiger charge is 2.14. The number of hydrogen-bond donors (Lipinski definition) is 1. The molecule has 0 aliphatic carbocycles. The molecule has 0 aliphatic heterocycles. The van der Waals surface area contributed by atoms with Gasteiger partial charge < -0.3 is 10.1 Å². The summed E-state index contributed by atoms with van der Waals surface area (Å²) in [6, 6.07) is 7.14. The van der Waals surface area contributed by atoms with Crippen molar-refractivity contribution >= 4 is 23.8 Å². The number of amides is 1. The first kappa shape index (κ1) is 16.1. The lowest BCUT2D eigenvalue weighted by Gasteiger charge is -2.19. The molecule has 0 aliphatic rings. The van der Waals surface area contributed by atoms with Gasteiger partial charge in [-0.3, -0.25) is 0 Å². The number of halogens is 1. The minimum absolute atomic E-state index is 0.322. The van der Waals surface area contributed by atoms with Gasteiger partial charge in [0.15, 0.2) is 0 Å². The van der Waals surface area contributed by atoms with E-state index < -0.39 is 11.7 Å². The van der Waals surface area contributed by atoms with E-state index in [1.54, 1.807) is 51.1 Å². The maximum absolute atomic E-state index is 11.4. The van der Waals surface area contributed by atoms with Crippen molar-refractivity contribution in [3.63, 3.8) is 0 Å². The van der Waals surface area contributed by atoms with Crippen LogP contribution >= 0.6 is 11.6 Å². The summed E-state index contributed by atoms with van der Waals surface area (Å²) in [6.07, 6.45) is 3.03. The third-order valence-corrected chi connectivity index (χ3v) is 2.43. The summed E-state index contributed by atoms with van der Waals surface area (Å²) in [5.74, 6) is 0. The van der Waals surface area contributed by atoms with Gasteiger partial charge in [-0.25, -0.2) is 4.79 Å². The molecule has 106 valence electrons. The van der Waals surface area contributed by atoms with E-state index >= 15 is 0 Å². The average molecular weight is 293 g/mol. The zero-order valence-electron chi connectivity index (χ0n) is 11.7. The van der Waals surface area contributed by atoms with Gasteiger partial charge in [-0.2, -0.15) is 5.26 Å². The number of alkyl carbamates (subject to hydrolysis) is 1. The number of hydrogen-bond acceptors (Lipinski definition) is 3. The third kappa shape index (κ3) is 5.77. The topological polar surface area (TPSA) is 62.1 Å². The number of nitrogens with one attached hydrogen (secondary N) is 1. The van der Waals surface area contributed by atoms with Gasteiger partial charge in [0.1, 0.15) is 5.60 Å². The lowest BCUT2D eigenvalue weighted by molar-refractivity contribution is 0.0534. The highest BCUT2D eigenvalue weighted by atomic mass is 35.5. The summed E-state index contributed by atoms with van der Waals surface area (Å²) >= 11 is 5.81. The van der Waals surface area contributed by atoms with Gasteiger partial charge in [-0.1, -0.05) is 29.8 Å². The van der Waals surface area contributed by atoms with Crippen molar-refractivity contribution in [1.29, 1.82) is 5.26 Å². The van der Waals surface area contributed by atoms with Crippen LogP contribution in [0.1, 0.15) is 31.9 Å². The molecule has 0 unspecified atom stereocenters. The van der Waals surface area contributed by atoms with Gasteiger partial charge in [0, 0.05) is 11.6 Å². The summed E-state index contributed by atoms with van der Waals surface area (Å²) in [6.45, 7) is 5.72. The van der Waals surface area contributed by atoms with E-state index in [0.29, 0.717) is 17.1 Å². The van der Waals surface area contributed by atoms with Crippen molar-refractivity contribution < 1.29 is 9.53 Å². The Balaban J connectivity index is 2.54.